The Kier molecular flexibility index (Phi) is 6.30. The van der Waals surface area contributed by atoms with Crippen molar-refractivity contribution < 1.29 is 9.53 Å². The van der Waals surface area contributed by atoms with Gasteiger partial charge < -0.3 is 4.74 Å². The number of fused-ring (bicyclic) bond motifs is 1. The second-order valence-electron chi connectivity index (χ2n) is 6.70. The first kappa shape index (κ1) is 20.4. The van der Waals surface area contributed by atoms with Crippen LogP contribution in [0, 0.1) is 6.92 Å². The zero-order valence-electron chi connectivity index (χ0n) is 16.7. The standard InChI is InChI=1S/C23H21N3O2S2/c1-16-10-11-19(28-2)21-22(16)30-23(25-21)26(14-17-7-6-12-24-13-17)20(27)15-29-18-8-4-3-5-9-18/h3-13H,14-15H2,1-2H3. The highest BCUT2D eigenvalue weighted by Gasteiger charge is 2.22. The number of carbonyl (C=O) groups excluding carboxylic acids is 1. The molecule has 152 valence electrons. The molecular weight excluding hydrogens is 414 g/mol. The number of methoxy groups -OCH3 is 1. The molecule has 0 aliphatic rings. The topological polar surface area (TPSA) is 55.3 Å². The van der Waals surface area contributed by atoms with Crippen LogP contribution in [0.15, 0.2) is 71.9 Å². The molecule has 0 fully saturated rings. The highest BCUT2D eigenvalue weighted by molar-refractivity contribution is 8.00. The zero-order chi connectivity index (χ0) is 20.9. The molecule has 2 aromatic carbocycles. The Morgan fingerprint density at radius 3 is 2.70 bits per heavy atom. The summed E-state index contributed by atoms with van der Waals surface area (Å²) < 4.78 is 6.52. The Labute approximate surface area is 183 Å². The molecule has 4 aromatic rings. The molecule has 0 aliphatic heterocycles. The first-order valence-electron chi connectivity index (χ1n) is 9.47. The number of thioether (sulfide) groups is 1. The van der Waals surface area contributed by atoms with Crippen molar-refractivity contribution in [2.24, 2.45) is 0 Å². The van der Waals surface area contributed by atoms with Crippen LogP contribution >= 0.6 is 23.1 Å². The van der Waals surface area contributed by atoms with Crippen molar-refractivity contribution in [2.45, 2.75) is 18.4 Å². The van der Waals surface area contributed by atoms with Crippen molar-refractivity contribution in [1.82, 2.24) is 9.97 Å². The van der Waals surface area contributed by atoms with Gasteiger partial charge in [-0.3, -0.25) is 14.7 Å². The number of benzene rings is 2. The number of nitrogens with zero attached hydrogens (tertiary/aromatic N) is 3. The molecule has 0 saturated carbocycles. The van der Waals surface area contributed by atoms with E-state index in [0.717, 1.165) is 26.2 Å². The van der Waals surface area contributed by atoms with Gasteiger partial charge in [0.2, 0.25) is 5.91 Å². The number of carbonyl (C=O) groups is 1. The van der Waals surface area contributed by atoms with Gasteiger partial charge in [0.15, 0.2) is 5.13 Å². The van der Waals surface area contributed by atoms with Crippen molar-refractivity contribution in [1.29, 1.82) is 0 Å². The lowest BCUT2D eigenvalue weighted by Crippen LogP contribution is -2.31. The Morgan fingerprint density at radius 2 is 1.97 bits per heavy atom. The van der Waals surface area contributed by atoms with Gasteiger partial charge in [0.1, 0.15) is 11.3 Å². The molecule has 0 atom stereocenters. The Morgan fingerprint density at radius 1 is 1.13 bits per heavy atom. The van der Waals surface area contributed by atoms with Crippen LogP contribution in [-0.2, 0) is 11.3 Å². The van der Waals surface area contributed by atoms with Crippen LogP contribution in [-0.4, -0.2) is 28.7 Å². The number of anilines is 1. The molecule has 1 amide bonds. The van der Waals surface area contributed by atoms with Gasteiger partial charge in [0.05, 0.1) is 24.1 Å². The van der Waals surface area contributed by atoms with E-state index in [1.54, 1.807) is 24.4 Å². The molecule has 0 spiro atoms. The van der Waals surface area contributed by atoms with E-state index in [1.165, 1.54) is 23.1 Å². The van der Waals surface area contributed by atoms with Crippen LogP contribution in [0.25, 0.3) is 10.2 Å². The second kappa shape index (κ2) is 9.28. The molecular formula is C23H21N3O2S2. The Hall–Kier alpha value is -2.90. The van der Waals surface area contributed by atoms with Crippen LogP contribution in [0.2, 0.25) is 0 Å². The highest BCUT2D eigenvalue weighted by Crippen LogP contribution is 2.37. The first-order chi connectivity index (χ1) is 14.7. The van der Waals surface area contributed by atoms with Gasteiger partial charge >= 0.3 is 0 Å². The normalized spacial score (nSPS) is 10.9. The third-order valence-corrected chi connectivity index (χ3v) is 6.82. The maximum atomic E-state index is 13.3. The third-order valence-electron chi connectivity index (χ3n) is 4.61. The molecule has 5 nitrogen and oxygen atoms in total. The quantitative estimate of drug-likeness (QED) is 0.367. The van der Waals surface area contributed by atoms with Crippen molar-refractivity contribution in [3.8, 4) is 5.75 Å². The van der Waals surface area contributed by atoms with Gasteiger partial charge in [-0.1, -0.05) is 41.7 Å². The largest absolute Gasteiger partial charge is 0.494 e. The molecule has 0 N–H and O–H groups in total. The van der Waals surface area contributed by atoms with Crippen molar-refractivity contribution in [3.63, 3.8) is 0 Å². The summed E-state index contributed by atoms with van der Waals surface area (Å²) in [6.45, 7) is 2.46. The molecule has 0 aliphatic carbocycles. The Bertz CT molecular complexity index is 1150. The molecule has 0 radical (unpaired) electrons. The predicted molar refractivity (Wildman–Crippen MR) is 124 cm³/mol. The molecule has 0 unspecified atom stereocenters. The average Bonchev–Trinajstić information content (AvgIpc) is 3.24. The van der Waals surface area contributed by atoms with Gasteiger partial charge in [-0.05, 0) is 42.3 Å². The van der Waals surface area contributed by atoms with E-state index in [9.17, 15) is 4.79 Å². The summed E-state index contributed by atoms with van der Waals surface area (Å²) in [5.74, 6) is 1.05. The number of pyridine rings is 1. The fourth-order valence-corrected chi connectivity index (χ4v) is 4.92. The number of hydrogen-bond donors (Lipinski definition) is 0. The summed E-state index contributed by atoms with van der Waals surface area (Å²) in [6, 6.07) is 17.7. The van der Waals surface area contributed by atoms with E-state index >= 15 is 0 Å². The molecule has 2 aromatic heterocycles. The summed E-state index contributed by atoms with van der Waals surface area (Å²) in [7, 11) is 1.64. The maximum absolute atomic E-state index is 13.3. The minimum Gasteiger partial charge on any atom is -0.494 e. The lowest BCUT2D eigenvalue weighted by atomic mass is 10.2. The van der Waals surface area contributed by atoms with Crippen molar-refractivity contribution >= 4 is 44.4 Å². The minimum absolute atomic E-state index is 0.00313. The second-order valence-corrected chi connectivity index (χ2v) is 8.73. The SMILES string of the molecule is COc1ccc(C)c2sc(N(Cc3cccnc3)C(=O)CSc3ccccc3)nc12. The van der Waals surface area contributed by atoms with Gasteiger partial charge in [-0.2, -0.15) is 0 Å². The van der Waals surface area contributed by atoms with Crippen LogP contribution < -0.4 is 9.64 Å². The number of rotatable bonds is 7. The molecule has 0 saturated heterocycles. The van der Waals surface area contributed by atoms with E-state index in [0.29, 0.717) is 23.2 Å². The van der Waals surface area contributed by atoms with E-state index in [-0.39, 0.29) is 5.91 Å². The number of aromatic nitrogens is 2. The summed E-state index contributed by atoms with van der Waals surface area (Å²) in [5, 5.41) is 0.667. The lowest BCUT2D eigenvalue weighted by molar-refractivity contribution is -0.116. The van der Waals surface area contributed by atoms with Crippen LogP contribution in [0.1, 0.15) is 11.1 Å². The smallest absolute Gasteiger partial charge is 0.239 e. The molecule has 4 rings (SSSR count). The van der Waals surface area contributed by atoms with Crippen molar-refractivity contribution in [2.75, 3.05) is 17.8 Å². The van der Waals surface area contributed by atoms with Gasteiger partial charge in [-0.25, -0.2) is 4.98 Å². The lowest BCUT2D eigenvalue weighted by Gasteiger charge is -2.19. The summed E-state index contributed by atoms with van der Waals surface area (Å²) >= 11 is 3.04. The van der Waals surface area contributed by atoms with E-state index in [4.69, 9.17) is 9.72 Å². The minimum atomic E-state index is 0.00313. The summed E-state index contributed by atoms with van der Waals surface area (Å²) in [4.78, 5) is 25.0. The number of thiazole rings is 1. The zero-order valence-corrected chi connectivity index (χ0v) is 18.4. The molecule has 0 bridgehead atoms. The fraction of sp³-hybridized carbons (Fsp3) is 0.174. The molecule has 2 heterocycles. The predicted octanol–water partition coefficient (Wildman–Crippen LogP) is 5.33. The van der Waals surface area contributed by atoms with Crippen molar-refractivity contribution in [3.05, 3.63) is 78.1 Å². The highest BCUT2D eigenvalue weighted by atomic mass is 32.2. The van der Waals surface area contributed by atoms with Gasteiger partial charge in [-0.15, -0.1) is 11.8 Å². The Balaban J connectivity index is 1.67. The molecule has 7 heteroatoms. The monoisotopic (exact) mass is 435 g/mol. The average molecular weight is 436 g/mol. The maximum Gasteiger partial charge on any atom is 0.239 e. The van der Waals surface area contributed by atoms with Crippen LogP contribution in [0.3, 0.4) is 0 Å². The first-order valence-corrected chi connectivity index (χ1v) is 11.3. The van der Waals surface area contributed by atoms with E-state index in [2.05, 4.69) is 4.98 Å². The third kappa shape index (κ3) is 4.47. The number of hydrogen-bond acceptors (Lipinski definition) is 6. The van der Waals surface area contributed by atoms with E-state index in [1.807, 2.05) is 61.5 Å². The number of aryl methyl sites for hydroxylation is 1. The number of ether oxygens (including phenoxy) is 1. The summed E-state index contributed by atoms with van der Waals surface area (Å²) in [6.07, 6.45) is 3.51. The van der Waals surface area contributed by atoms with Gasteiger partial charge in [0.25, 0.3) is 0 Å². The van der Waals surface area contributed by atoms with Crippen LogP contribution in [0.5, 0.6) is 5.75 Å². The number of amides is 1. The summed E-state index contributed by atoms with van der Waals surface area (Å²) in [5.41, 5.74) is 2.86. The van der Waals surface area contributed by atoms with E-state index < -0.39 is 0 Å². The fourth-order valence-electron chi connectivity index (χ4n) is 3.06. The van der Waals surface area contributed by atoms with Crippen LogP contribution in [0.4, 0.5) is 5.13 Å². The molecule has 30 heavy (non-hydrogen) atoms. The van der Waals surface area contributed by atoms with Gasteiger partial charge in [0, 0.05) is 17.3 Å².